The van der Waals surface area contributed by atoms with E-state index in [1.165, 1.54) is 6.20 Å². The van der Waals surface area contributed by atoms with E-state index >= 15 is 0 Å². The van der Waals surface area contributed by atoms with Gasteiger partial charge in [0.2, 0.25) is 0 Å². The lowest BCUT2D eigenvalue weighted by atomic mass is 9.79. The van der Waals surface area contributed by atoms with Gasteiger partial charge in [0.15, 0.2) is 5.82 Å². The third kappa shape index (κ3) is 4.21. The van der Waals surface area contributed by atoms with Crippen LogP contribution in [0.2, 0.25) is 0 Å². The fraction of sp³-hybridized carbons (Fsp3) is 0.480. The van der Waals surface area contributed by atoms with Gasteiger partial charge in [-0.3, -0.25) is 4.79 Å². The van der Waals surface area contributed by atoms with Gasteiger partial charge in [-0.25, -0.2) is 9.97 Å². The van der Waals surface area contributed by atoms with Crippen LogP contribution >= 0.6 is 0 Å². The second kappa shape index (κ2) is 9.23. The average Bonchev–Trinajstić information content (AvgIpc) is 3.21. The van der Waals surface area contributed by atoms with Gasteiger partial charge in [-0.2, -0.15) is 0 Å². The highest BCUT2D eigenvalue weighted by molar-refractivity contribution is 6.24. The minimum Gasteiger partial charge on any atom is -0.486 e. The van der Waals surface area contributed by atoms with Gasteiger partial charge in [-0.15, -0.1) is 0 Å². The van der Waals surface area contributed by atoms with Crippen molar-refractivity contribution in [3.8, 4) is 5.75 Å². The first-order valence-corrected chi connectivity index (χ1v) is 11.9. The highest BCUT2D eigenvalue weighted by Crippen LogP contribution is 2.47. The second-order valence-electron chi connectivity index (χ2n) is 9.44. The number of nitrogens with two attached hydrogens (primary N) is 1. The molecule has 34 heavy (non-hydrogen) atoms. The van der Waals surface area contributed by atoms with Gasteiger partial charge in [-0.1, -0.05) is 6.92 Å². The molecule has 0 unspecified atom stereocenters. The van der Waals surface area contributed by atoms with E-state index in [-0.39, 0.29) is 17.1 Å². The van der Waals surface area contributed by atoms with Gasteiger partial charge in [0.25, 0.3) is 5.91 Å². The average molecular weight is 465 g/mol. The second-order valence-corrected chi connectivity index (χ2v) is 9.44. The van der Waals surface area contributed by atoms with E-state index in [2.05, 4.69) is 51.2 Å². The molecule has 0 radical (unpaired) electrons. The van der Waals surface area contributed by atoms with Crippen molar-refractivity contribution in [2.45, 2.75) is 25.4 Å². The summed E-state index contributed by atoms with van der Waals surface area (Å²) in [5, 5.41) is 3.08. The van der Waals surface area contributed by atoms with E-state index in [9.17, 15) is 4.79 Å². The molecule has 1 aromatic heterocycles. The lowest BCUT2D eigenvalue weighted by molar-refractivity contribution is -0.111. The van der Waals surface area contributed by atoms with Gasteiger partial charge in [-0.05, 0) is 19.2 Å². The number of anilines is 2. The molecule has 2 fully saturated rings. The van der Waals surface area contributed by atoms with Crippen LogP contribution in [0.25, 0.3) is 5.57 Å². The number of aromatic nitrogens is 2. The SMILES string of the molecule is C[C@H]1CN(C)CC[C@]12Cc1cc(NC(=O)C(=CN)c3ncccn3)c(N3CCOCC3)cc1O2. The number of fused-ring (bicyclic) bond motifs is 1. The fourth-order valence-electron chi connectivity index (χ4n) is 5.24. The van der Waals surface area contributed by atoms with Crippen molar-refractivity contribution in [2.24, 2.45) is 11.7 Å². The Kier molecular flexibility index (Phi) is 6.14. The van der Waals surface area contributed by atoms with Crippen LogP contribution in [0, 0.1) is 5.92 Å². The van der Waals surface area contributed by atoms with Crippen LogP contribution in [0.4, 0.5) is 11.4 Å². The van der Waals surface area contributed by atoms with E-state index in [1.54, 1.807) is 18.5 Å². The normalized spacial score (nSPS) is 25.2. The third-order valence-electron chi connectivity index (χ3n) is 7.20. The molecule has 9 nitrogen and oxygen atoms in total. The van der Waals surface area contributed by atoms with Crippen LogP contribution in [0.3, 0.4) is 0 Å². The zero-order valence-corrected chi connectivity index (χ0v) is 19.8. The molecule has 5 rings (SSSR count). The minimum atomic E-state index is -0.343. The summed E-state index contributed by atoms with van der Waals surface area (Å²) in [5.41, 5.74) is 8.62. The van der Waals surface area contributed by atoms with Crippen LogP contribution in [0.1, 0.15) is 24.7 Å². The molecule has 1 amide bonds. The molecule has 4 heterocycles. The molecule has 3 aliphatic rings. The molecule has 180 valence electrons. The molecular formula is C25H32N6O3. The maximum Gasteiger partial charge on any atom is 0.261 e. The number of nitrogens with one attached hydrogen (secondary N) is 1. The number of hydrogen-bond acceptors (Lipinski definition) is 8. The zero-order valence-electron chi connectivity index (χ0n) is 19.8. The summed E-state index contributed by atoms with van der Waals surface area (Å²) in [6.07, 6.45) is 6.26. The van der Waals surface area contributed by atoms with Gasteiger partial charge in [0.05, 0.1) is 30.2 Å². The Balaban J connectivity index is 1.47. The molecule has 2 atom stereocenters. The standard InChI is InChI=1S/C25H32N6O3/c1-17-16-30(2)7-4-25(17)14-18-12-20(21(13-22(18)34-25)31-8-10-33-11-9-31)29-24(32)19(15-26)23-27-5-3-6-28-23/h3,5-6,12-13,15,17H,4,7-11,14,16,26H2,1-2H3,(H,29,32)/t17-,25-/m0/s1. The van der Waals surface area contributed by atoms with Crippen molar-refractivity contribution < 1.29 is 14.3 Å². The van der Waals surface area contributed by atoms with E-state index in [0.717, 1.165) is 61.7 Å². The van der Waals surface area contributed by atoms with E-state index in [1.807, 2.05) is 0 Å². The van der Waals surface area contributed by atoms with Gasteiger partial charge < -0.3 is 30.3 Å². The number of benzene rings is 1. The lowest BCUT2D eigenvalue weighted by Gasteiger charge is -2.42. The molecule has 0 bridgehead atoms. The van der Waals surface area contributed by atoms with Crippen LogP contribution in [-0.2, 0) is 16.0 Å². The Morgan fingerprint density at radius 1 is 1.24 bits per heavy atom. The van der Waals surface area contributed by atoms with Crippen molar-refractivity contribution in [1.82, 2.24) is 14.9 Å². The number of carbonyl (C=O) groups excluding carboxylic acids is 1. The molecule has 1 aromatic carbocycles. The zero-order chi connectivity index (χ0) is 23.7. The van der Waals surface area contributed by atoms with E-state index in [0.29, 0.717) is 25.0 Å². The van der Waals surface area contributed by atoms with Crippen molar-refractivity contribution in [2.75, 3.05) is 56.7 Å². The molecule has 1 spiro atoms. The maximum atomic E-state index is 13.2. The number of amides is 1. The smallest absolute Gasteiger partial charge is 0.261 e. The molecule has 9 heteroatoms. The first kappa shape index (κ1) is 22.6. The topological polar surface area (TPSA) is 106 Å². The molecule has 3 N–H and O–H groups in total. The van der Waals surface area contributed by atoms with Gasteiger partial charge >= 0.3 is 0 Å². The summed E-state index contributed by atoms with van der Waals surface area (Å²) in [6.45, 7) is 7.07. The Bertz CT molecular complexity index is 1090. The summed E-state index contributed by atoms with van der Waals surface area (Å²) >= 11 is 0. The summed E-state index contributed by atoms with van der Waals surface area (Å²) in [4.78, 5) is 26.2. The quantitative estimate of drug-likeness (QED) is 0.661. The van der Waals surface area contributed by atoms with Crippen molar-refractivity contribution in [3.05, 3.63) is 48.2 Å². The highest BCUT2D eigenvalue weighted by Gasteiger charge is 2.47. The largest absolute Gasteiger partial charge is 0.486 e. The van der Waals surface area contributed by atoms with Crippen LogP contribution in [-0.4, -0.2) is 72.8 Å². The predicted molar refractivity (Wildman–Crippen MR) is 131 cm³/mol. The Hall–Kier alpha value is -3.17. The number of carbonyl (C=O) groups is 1. The van der Waals surface area contributed by atoms with Crippen LogP contribution in [0.5, 0.6) is 5.75 Å². The third-order valence-corrected chi connectivity index (χ3v) is 7.20. The first-order valence-electron chi connectivity index (χ1n) is 11.9. The van der Waals surface area contributed by atoms with Crippen molar-refractivity contribution >= 4 is 22.9 Å². The lowest BCUT2D eigenvalue weighted by Crippen LogP contribution is -2.52. The maximum absolute atomic E-state index is 13.2. The van der Waals surface area contributed by atoms with E-state index < -0.39 is 0 Å². The fourth-order valence-corrected chi connectivity index (χ4v) is 5.24. The van der Waals surface area contributed by atoms with E-state index in [4.69, 9.17) is 15.2 Å². The molecule has 0 aliphatic carbocycles. The molecule has 0 saturated carbocycles. The number of ether oxygens (including phenoxy) is 2. The molecule has 3 aliphatic heterocycles. The Morgan fingerprint density at radius 3 is 2.71 bits per heavy atom. The van der Waals surface area contributed by atoms with Crippen LogP contribution < -0.4 is 20.7 Å². The molecular weight excluding hydrogens is 432 g/mol. The van der Waals surface area contributed by atoms with Gasteiger partial charge in [0.1, 0.15) is 11.4 Å². The number of likely N-dealkylation sites (tertiary alicyclic amines) is 1. The van der Waals surface area contributed by atoms with Gasteiger partial charge in [0, 0.05) is 75.2 Å². The minimum absolute atomic E-state index is 0.194. The predicted octanol–water partition coefficient (Wildman–Crippen LogP) is 1.90. The number of hydrogen-bond donors (Lipinski definition) is 2. The molecule has 2 aromatic rings. The monoisotopic (exact) mass is 464 g/mol. The summed E-state index contributed by atoms with van der Waals surface area (Å²) in [5.74, 6) is 1.27. The number of rotatable bonds is 4. The number of nitrogens with zero attached hydrogens (tertiary/aromatic N) is 4. The number of morpholine rings is 1. The van der Waals surface area contributed by atoms with Crippen LogP contribution in [0.15, 0.2) is 36.8 Å². The summed E-state index contributed by atoms with van der Waals surface area (Å²) < 4.78 is 12.2. The highest BCUT2D eigenvalue weighted by atomic mass is 16.5. The summed E-state index contributed by atoms with van der Waals surface area (Å²) in [7, 11) is 2.16. The van der Waals surface area contributed by atoms with Crippen molar-refractivity contribution in [1.29, 1.82) is 0 Å². The summed E-state index contributed by atoms with van der Waals surface area (Å²) in [6, 6.07) is 5.85. The first-order chi connectivity index (χ1) is 16.5. The van der Waals surface area contributed by atoms with Crippen molar-refractivity contribution in [3.63, 3.8) is 0 Å². The Morgan fingerprint density at radius 2 is 2.00 bits per heavy atom. The number of piperidine rings is 1. The Labute approximate surface area is 199 Å². The molecule has 2 saturated heterocycles.